The van der Waals surface area contributed by atoms with Gasteiger partial charge in [0, 0.05) is 24.6 Å². The molecule has 102 valence electrons. The van der Waals surface area contributed by atoms with E-state index in [1.54, 1.807) is 6.07 Å². The summed E-state index contributed by atoms with van der Waals surface area (Å²) in [4.78, 5) is 0. The average molecular weight is 253 g/mol. The number of halogens is 1. The molecule has 3 heteroatoms. The first-order chi connectivity index (χ1) is 8.44. The normalized spacial score (nSPS) is 13.6. The molecular formula is C15H24FNO. The van der Waals surface area contributed by atoms with Crippen molar-refractivity contribution < 1.29 is 9.13 Å². The van der Waals surface area contributed by atoms with Crippen molar-refractivity contribution in [2.45, 2.75) is 39.2 Å². The molecular weight excluding hydrogens is 229 g/mol. The highest BCUT2D eigenvalue weighted by Crippen LogP contribution is 2.20. The van der Waals surface area contributed by atoms with Crippen molar-refractivity contribution in [3.8, 4) is 0 Å². The van der Waals surface area contributed by atoms with Crippen LogP contribution in [0.15, 0.2) is 24.3 Å². The fraction of sp³-hybridized carbons (Fsp3) is 0.600. The Hall–Kier alpha value is -0.930. The number of nitrogens with one attached hydrogen (secondary N) is 1. The maximum atomic E-state index is 13.8. The highest BCUT2D eigenvalue weighted by Gasteiger charge is 2.18. The number of hydrogen-bond acceptors (Lipinski definition) is 2. The smallest absolute Gasteiger partial charge is 0.126 e. The van der Waals surface area contributed by atoms with E-state index in [0.29, 0.717) is 19.8 Å². The highest BCUT2D eigenvalue weighted by molar-refractivity contribution is 5.22. The molecule has 0 heterocycles. The van der Waals surface area contributed by atoms with Gasteiger partial charge in [-0.3, -0.25) is 0 Å². The highest BCUT2D eigenvalue weighted by atomic mass is 19.1. The van der Waals surface area contributed by atoms with E-state index >= 15 is 0 Å². The molecule has 1 atom stereocenters. The van der Waals surface area contributed by atoms with Crippen molar-refractivity contribution in [3.05, 3.63) is 35.6 Å². The maximum absolute atomic E-state index is 13.8. The molecule has 18 heavy (non-hydrogen) atoms. The van der Waals surface area contributed by atoms with Gasteiger partial charge in [0.2, 0.25) is 0 Å². The lowest BCUT2D eigenvalue weighted by Crippen LogP contribution is -2.39. The summed E-state index contributed by atoms with van der Waals surface area (Å²) < 4.78 is 19.3. The van der Waals surface area contributed by atoms with E-state index in [-0.39, 0.29) is 17.3 Å². The summed E-state index contributed by atoms with van der Waals surface area (Å²) in [5, 5.41) is 3.41. The molecule has 0 aliphatic heterocycles. The number of benzene rings is 1. The van der Waals surface area contributed by atoms with E-state index in [2.05, 4.69) is 26.1 Å². The van der Waals surface area contributed by atoms with Crippen molar-refractivity contribution in [2.75, 3.05) is 19.8 Å². The van der Waals surface area contributed by atoms with E-state index in [9.17, 15) is 4.39 Å². The minimum Gasteiger partial charge on any atom is -0.381 e. The molecule has 0 aromatic heterocycles. The molecule has 0 fully saturated rings. The summed E-state index contributed by atoms with van der Waals surface area (Å²) in [6.07, 6.45) is 0. The van der Waals surface area contributed by atoms with Crippen LogP contribution in [0.4, 0.5) is 4.39 Å². The van der Waals surface area contributed by atoms with E-state index in [1.165, 1.54) is 6.07 Å². The van der Waals surface area contributed by atoms with E-state index in [4.69, 9.17) is 4.74 Å². The van der Waals surface area contributed by atoms with Gasteiger partial charge in [-0.1, -0.05) is 18.2 Å². The first kappa shape index (κ1) is 15.1. The molecule has 1 rings (SSSR count). The third-order valence-electron chi connectivity index (χ3n) is 2.75. The van der Waals surface area contributed by atoms with Crippen LogP contribution >= 0.6 is 0 Å². The Kier molecular flexibility index (Phi) is 5.76. The van der Waals surface area contributed by atoms with Crippen LogP contribution in [-0.2, 0) is 4.74 Å². The second-order valence-electron chi connectivity index (χ2n) is 5.51. The van der Waals surface area contributed by atoms with Crippen LogP contribution in [0.1, 0.15) is 39.2 Å². The number of rotatable bonds is 6. The Balaban J connectivity index is 2.75. The molecule has 0 spiro atoms. The van der Waals surface area contributed by atoms with Crippen molar-refractivity contribution in [1.82, 2.24) is 5.32 Å². The summed E-state index contributed by atoms with van der Waals surface area (Å²) >= 11 is 0. The lowest BCUT2D eigenvalue weighted by Gasteiger charge is -2.25. The van der Waals surface area contributed by atoms with Crippen LogP contribution in [0.3, 0.4) is 0 Å². The van der Waals surface area contributed by atoms with Crippen LogP contribution in [0.25, 0.3) is 0 Å². The molecule has 0 radical (unpaired) electrons. The van der Waals surface area contributed by atoms with Gasteiger partial charge in [-0.15, -0.1) is 0 Å². The standard InChI is InChI=1S/C15H24FNO/c1-5-18-11-12(10-17-15(2,3)4)13-8-6-7-9-14(13)16/h6-9,12,17H,5,10-11H2,1-4H3. The zero-order valence-corrected chi connectivity index (χ0v) is 11.8. The predicted molar refractivity (Wildman–Crippen MR) is 73.4 cm³/mol. The lowest BCUT2D eigenvalue weighted by atomic mass is 9.97. The maximum Gasteiger partial charge on any atom is 0.126 e. The topological polar surface area (TPSA) is 21.3 Å². The summed E-state index contributed by atoms with van der Waals surface area (Å²) in [6.45, 7) is 10.2. The predicted octanol–water partition coefficient (Wildman–Crippen LogP) is 3.33. The second kappa shape index (κ2) is 6.86. The Morgan fingerprint density at radius 1 is 1.28 bits per heavy atom. The molecule has 0 bridgehead atoms. The minimum atomic E-state index is -0.155. The van der Waals surface area contributed by atoms with Crippen LogP contribution in [0.5, 0.6) is 0 Å². The summed E-state index contributed by atoms with van der Waals surface area (Å²) in [6, 6.07) is 6.93. The molecule has 0 aliphatic rings. The van der Waals surface area contributed by atoms with E-state index in [1.807, 2.05) is 19.1 Å². The molecule has 0 saturated heterocycles. The quantitative estimate of drug-likeness (QED) is 0.839. The van der Waals surface area contributed by atoms with Gasteiger partial charge in [-0.05, 0) is 39.3 Å². The van der Waals surface area contributed by atoms with Gasteiger partial charge in [0.15, 0.2) is 0 Å². The monoisotopic (exact) mass is 253 g/mol. The fourth-order valence-electron chi connectivity index (χ4n) is 1.75. The lowest BCUT2D eigenvalue weighted by molar-refractivity contribution is 0.128. The molecule has 1 aromatic carbocycles. The van der Waals surface area contributed by atoms with Gasteiger partial charge in [0.25, 0.3) is 0 Å². The Labute approximate surface area is 110 Å². The number of hydrogen-bond donors (Lipinski definition) is 1. The van der Waals surface area contributed by atoms with Crippen LogP contribution < -0.4 is 5.32 Å². The summed E-state index contributed by atoms with van der Waals surface area (Å²) in [5.41, 5.74) is 0.748. The van der Waals surface area contributed by atoms with Gasteiger partial charge in [0.05, 0.1) is 6.61 Å². The van der Waals surface area contributed by atoms with Crippen LogP contribution in [-0.4, -0.2) is 25.3 Å². The van der Waals surface area contributed by atoms with Gasteiger partial charge < -0.3 is 10.1 Å². The van der Waals surface area contributed by atoms with Crippen molar-refractivity contribution in [1.29, 1.82) is 0 Å². The zero-order chi connectivity index (χ0) is 13.6. The van der Waals surface area contributed by atoms with E-state index in [0.717, 1.165) is 5.56 Å². The first-order valence-corrected chi connectivity index (χ1v) is 6.51. The third-order valence-corrected chi connectivity index (χ3v) is 2.75. The zero-order valence-electron chi connectivity index (χ0n) is 11.8. The third kappa shape index (κ3) is 5.15. The Morgan fingerprint density at radius 2 is 1.94 bits per heavy atom. The Bertz CT molecular complexity index is 360. The van der Waals surface area contributed by atoms with Crippen molar-refractivity contribution >= 4 is 0 Å². The van der Waals surface area contributed by atoms with Gasteiger partial charge in [0.1, 0.15) is 5.82 Å². The van der Waals surface area contributed by atoms with Crippen LogP contribution in [0.2, 0.25) is 0 Å². The Morgan fingerprint density at radius 3 is 2.50 bits per heavy atom. The largest absolute Gasteiger partial charge is 0.381 e. The number of ether oxygens (including phenoxy) is 1. The second-order valence-corrected chi connectivity index (χ2v) is 5.51. The molecule has 2 nitrogen and oxygen atoms in total. The minimum absolute atomic E-state index is 0.0235. The SMILES string of the molecule is CCOCC(CNC(C)(C)C)c1ccccc1F. The van der Waals surface area contributed by atoms with Gasteiger partial charge in [-0.25, -0.2) is 4.39 Å². The first-order valence-electron chi connectivity index (χ1n) is 6.51. The molecule has 1 N–H and O–H groups in total. The molecule has 0 amide bonds. The summed E-state index contributed by atoms with van der Waals surface area (Å²) in [7, 11) is 0. The van der Waals surface area contributed by atoms with Crippen molar-refractivity contribution in [2.24, 2.45) is 0 Å². The molecule has 0 saturated carbocycles. The average Bonchev–Trinajstić information content (AvgIpc) is 2.29. The van der Waals surface area contributed by atoms with Gasteiger partial charge >= 0.3 is 0 Å². The van der Waals surface area contributed by atoms with Crippen molar-refractivity contribution in [3.63, 3.8) is 0 Å². The summed E-state index contributed by atoms with van der Waals surface area (Å²) in [5.74, 6) is -0.108. The van der Waals surface area contributed by atoms with E-state index < -0.39 is 0 Å². The molecule has 1 unspecified atom stereocenters. The molecule has 1 aromatic rings. The van der Waals surface area contributed by atoms with Gasteiger partial charge in [-0.2, -0.15) is 0 Å². The molecule has 0 aliphatic carbocycles. The fourth-order valence-corrected chi connectivity index (χ4v) is 1.75. The van der Waals surface area contributed by atoms with Crippen LogP contribution in [0, 0.1) is 5.82 Å².